The minimum atomic E-state index is 0.0925. The van der Waals surface area contributed by atoms with Crippen LogP contribution in [0, 0.1) is 13.8 Å². The number of aromatic nitrogens is 2. The molecule has 1 aliphatic rings. The van der Waals surface area contributed by atoms with Crippen molar-refractivity contribution < 1.29 is 4.79 Å². The zero-order chi connectivity index (χ0) is 13.1. The largest absolute Gasteiger partial charge is 0.337 e. The maximum atomic E-state index is 12.5. The lowest BCUT2D eigenvalue weighted by Gasteiger charge is -2.24. The Morgan fingerprint density at radius 1 is 1.50 bits per heavy atom. The summed E-state index contributed by atoms with van der Waals surface area (Å²) in [6.45, 7) is 8.39. The Bertz CT molecular complexity index is 401. The third-order valence-electron chi connectivity index (χ3n) is 3.61. The van der Waals surface area contributed by atoms with Crippen molar-refractivity contribution in [2.45, 2.75) is 39.7 Å². The first-order chi connectivity index (χ1) is 8.63. The highest BCUT2D eigenvalue weighted by atomic mass is 16.2. The number of aryl methyl sites for hydroxylation is 2. The van der Waals surface area contributed by atoms with Crippen molar-refractivity contribution in [3.8, 4) is 0 Å². The van der Waals surface area contributed by atoms with E-state index >= 15 is 0 Å². The molecule has 100 valence electrons. The number of rotatable bonds is 4. The van der Waals surface area contributed by atoms with Crippen LogP contribution in [0.15, 0.2) is 0 Å². The van der Waals surface area contributed by atoms with Crippen molar-refractivity contribution in [2.75, 3.05) is 19.6 Å². The summed E-state index contributed by atoms with van der Waals surface area (Å²) >= 11 is 0. The van der Waals surface area contributed by atoms with Crippen LogP contribution in [0.4, 0.5) is 0 Å². The normalized spacial score (nSPS) is 19.2. The molecular formula is C13H22N4O. The van der Waals surface area contributed by atoms with Crippen LogP contribution in [0.1, 0.15) is 41.5 Å². The zero-order valence-corrected chi connectivity index (χ0v) is 11.4. The third-order valence-corrected chi connectivity index (χ3v) is 3.61. The molecule has 2 heterocycles. The Morgan fingerprint density at radius 2 is 2.28 bits per heavy atom. The van der Waals surface area contributed by atoms with E-state index < -0.39 is 0 Å². The number of nitrogens with zero attached hydrogens (tertiary/aromatic N) is 2. The highest BCUT2D eigenvalue weighted by molar-refractivity contribution is 5.96. The van der Waals surface area contributed by atoms with Crippen LogP contribution in [0.5, 0.6) is 0 Å². The van der Waals surface area contributed by atoms with E-state index in [2.05, 4.69) is 15.5 Å². The SMILES string of the molecule is CCN(CC1CCCN1)C(=O)c1c(C)n[nH]c1C. The molecule has 1 fully saturated rings. The van der Waals surface area contributed by atoms with E-state index in [-0.39, 0.29) is 5.91 Å². The van der Waals surface area contributed by atoms with E-state index in [0.29, 0.717) is 6.04 Å². The number of likely N-dealkylation sites (N-methyl/N-ethyl adjacent to an activating group) is 1. The minimum Gasteiger partial charge on any atom is -0.337 e. The number of H-pyrrole nitrogens is 1. The lowest BCUT2D eigenvalue weighted by Crippen LogP contribution is -2.41. The van der Waals surface area contributed by atoms with Crippen molar-refractivity contribution >= 4 is 5.91 Å². The first-order valence-electron chi connectivity index (χ1n) is 6.67. The first-order valence-corrected chi connectivity index (χ1v) is 6.67. The van der Waals surface area contributed by atoms with E-state index in [4.69, 9.17) is 0 Å². The number of amides is 1. The molecular weight excluding hydrogens is 228 g/mol. The monoisotopic (exact) mass is 250 g/mol. The van der Waals surface area contributed by atoms with Gasteiger partial charge in [0.25, 0.3) is 5.91 Å². The van der Waals surface area contributed by atoms with Crippen LogP contribution < -0.4 is 5.32 Å². The molecule has 0 radical (unpaired) electrons. The van der Waals surface area contributed by atoms with Gasteiger partial charge in [-0.3, -0.25) is 9.89 Å². The number of aromatic amines is 1. The quantitative estimate of drug-likeness (QED) is 0.845. The van der Waals surface area contributed by atoms with E-state index in [1.54, 1.807) is 0 Å². The second-order valence-corrected chi connectivity index (χ2v) is 4.95. The van der Waals surface area contributed by atoms with Crippen molar-refractivity contribution in [3.05, 3.63) is 17.0 Å². The van der Waals surface area contributed by atoms with Crippen molar-refractivity contribution in [2.24, 2.45) is 0 Å². The smallest absolute Gasteiger partial charge is 0.257 e. The van der Waals surface area contributed by atoms with Gasteiger partial charge in [0, 0.05) is 24.8 Å². The Balaban J connectivity index is 2.09. The summed E-state index contributed by atoms with van der Waals surface area (Å²) in [6, 6.07) is 0.446. The Labute approximate surface area is 108 Å². The molecule has 1 aromatic heterocycles. The van der Waals surface area contributed by atoms with Crippen molar-refractivity contribution in [1.82, 2.24) is 20.4 Å². The molecule has 2 N–H and O–H groups in total. The second kappa shape index (κ2) is 5.52. The highest BCUT2D eigenvalue weighted by Crippen LogP contribution is 2.14. The Morgan fingerprint density at radius 3 is 2.78 bits per heavy atom. The maximum absolute atomic E-state index is 12.5. The van der Waals surface area contributed by atoms with Gasteiger partial charge in [-0.1, -0.05) is 0 Å². The topological polar surface area (TPSA) is 61.0 Å². The van der Waals surface area contributed by atoms with Gasteiger partial charge in [0.1, 0.15) is 0 Å². The number of hydrogen-bond donors (Lipinski definition) is 2. The van der Waals surface area contributed by atoms with E-state index in [9.17, 15) is 4.79 Å². The van der Waals surface area contributed by atoms with E-state index in [1.165, 1.54) is 6.42 Å². The van der Waals surface area contributed by atoms with E-state index in [0.717, 1.165) is 43.0 Å². The summed E-state index contributed by atoms with van der Waals surface area (Å²) in [6.07, 6.45) is 2.37. The molecule has 1 amide bonds. The van der Waals surface area contributed by atoms with Gasteiger partial charge in [0.05, 0.1) is 11.3 Å². The van der Waals surface area contributed by atoms with Crippen LogP contribution >= 0.6 is 0 Å². The number of nitrogens with one attached hydrogen (secondary N) is 2. The molecule has 5 nitrogen and oxygen atoms in total. The molecule has 1 unspecified atom stereocenters. The molecule has 0 spiro atoms. The molecule has 1 atom stereocenters. The molecule has 2 rings (SSSR count). The summed E-state index contributed by atoms with van der Waals surface area (Å²) < 4.78 is 0. The molecule has 1 aromatic rings. The van der Waals surface area contributed by atoms with E-state index in [1.807, 2.05) is 25.7 Å². The van der Waals surface area contributed by atoms with Gasteiger partial charge >= 0.3 is 0 Å². The highest BCUT2D eigenvalue weighted by Gasteiger charge is 2.24. The molecule has 0 aliphatic carbocycles. The summed E-state index contributed by atoms with van der Waals surface area (Å²) in [5.74, 6) is 0.0925. The summed E-state index contributed by atoms with van der Waals surface area (Å²) in [7, 11) is 0. The van der Waals surface area contributed by atoms with Gasteiger partial charge in [0.15, 0.2) is 0 Å². The fourth-order valence-corrected chi connectivity index (χ4v) is 2.56. The number of hydrogen-bond acceptors (Lipinski definition) is 3. The lowest BCUT2D eigenvalue weighted by atomic mass is 10.1. The average Bonchev–Trinajstić information content (AvgIpc) is 2.96. The van der Waals surface area contributed by atoms with Crippen LogP contribution in [-0.2, 0) is 0 Å². The average molecular weight is 250 g/mol. The predicted molar refractivity (Wildman–Crippen MR) is 70.7 cm³/mol. The zero-order valence-electron chi connectivity index (χ0n) is 11.4. The first kappa shape index (κ1) is 13.1. The van der Waals surface area contributed by atoms with Crippen LogP contribution in [0.2, 0.25) is 0 Å². The number of carbonyl (C=O) groups excluding carboxylic acids is 1. The molecule has 5 heteroatoms. The standard InChI is InChI=1S/C13H22N4O/c1-4-17(8-11-6-5-7-14-11)13(18)12-9(2)15-16-10(12)3/h11,14H,4-8H2,1-3H3,(H,15,16). The molecule has 0 saturated carbocycles. The van der Waals surface area contributed by atoms with Crippen LogP contribution in [-0.4, -0.2) is 46.7 Å². The van der Waals surface area contributed by atoms with Crippen LogP contribution in [0.3, 0.4) is 0 Å². The summed E-state index contributed by atoms with van der Waals surface area (Å²) in [4.78, 5) is 14.4. The summed E-state index contributed by atoms with van der Waals surface area (Å²) in [5, 5.41) is 10.4. The lowest BCUT2D eigenvalue weighted by molar-refractivity contribution is 0.0750. The van der Waals surface area contributed by atoms with Gasteiger partial charge in [0.2, 0.25) is 0 Å². The van der Waals surface area contributed by atoms with Gasteiger partial charge in [-0.15, -0.1) is 0 Å². The van der Waals surface area contributed by atoms with Crippen LogP contribution in [0.25, 0.3) is 0 Å². The van der Waals surface area contributed by atoms with Gasteiger partial charge < -0.3 is 10.2 Å². The van der Waals surface area contributed by atoms with Gasteiger partial charge in [-0.25, -0.2) is 0 Å². The molecule has 1 saturated heterocycles. The Kier molecular flexibility index (Phi) is 4.01. The third kappa shape index (κ3) is 2.56. The maximum Gasteiger partial charge on any atom is 0.257 e. The van der Waals surface area contributed by atoms with Gasteiger partial charge in [-0.2, -0.15) is 5.10 Å². The second-order valence-electron chi connectivity index (χ2n) is 4.95. The Hall–Kier alpha value is -1.36. The molecule has 18 heavy (non-hydrogen) atoms. The molecule has 0 aromatic carbocycles. The fraction of sp³-hybridized carbons (Fsp3) is 0.692. The molecule has 1 aliphatic heterocycles. The predicted octanol–water partition coefficient (Wildman–Crippen LogP) is 1.24. The van der Waals surface area contributed by atoms with Crippen molar-refractivity contribution in [3.63, 3.8) is 0 Å². The summed E-state index contributed by atoms with van der Waals surface area (Å²) in [5.41, 5.74) is 2.38. The van der Waals surface area contributed by atoms with Crippen molar-refractivity contribution in [1.29, 1.82) is 0 Å². The van der Waals surface area contributed by atoms with Gasteiger partial charge in [-0.05, 0) is 40.2 Å². The number of carbonyl (C=O) groups is 1. The minimum absolute atomic E-state index is 0.0925. The fourth-order valence-electron chi connectivity index (χ4n) is 2.56. The molecule has 0 bridgehead atoms.